The highest BCUT2D eigenvalue weighted by molar-refractivity contribution is 5.99. The molecule has 0 spiro atoms. The van der Waals surface area contributed by atoms with Crippen LogP contribution in [0.1, 0.15) is 32.0 Å². The second-order valence-electron chi connectivity index (χ2n) is 8.05. The number of pyridine rings is 1. The van der Waals surface area contributed by atoms with E-state index in [9.17, 15) is 9.59 Å². The normalized spacial score (nSPS) is 12.9. The summed E-state index contributed by atoms with van der Waals surface area (Å²) in [7, 11) is 0. The summed E-state index contributed by atoms with van der Waals surface area (Å²) >= 11 is 0. The largest absolute Gasteiger partial charge is 0.454 e. The van der Waals surface area contributed by atoms with Crippen LogP contribution in [0.3, 0.4) is 0 Å². The first-order valence-corrected chi connectivity index (χ1v) is 11.2. The number of nitrogens with zero attached hydrogens (tertiary/aromatic N) is 1. The number of aromatic nitrogens is 1. The molecule has 0 atom stereocenters. The van der Waals surface area contributed by atoms with Crippen LogP contribution in [0.15, 0.2) is 48.5 Å². The van der Waals surface area contributed by atoms with E-state index >= 15 is 0 Å². The molecule has 0 radical (unpaired) electrons. The number of fused-ring (bicyclic) bond motifs is 2. The number of nitrogens with two attached hydrogens (primary N) is 1. The molecule has 0 aliphatic carbocycles. The van der Waals surface area contributed by atoms with E-state index in [1.54, 1.807) is 0 Å². The Morgan fingerprint density at radius 2 is 1.29 bits per heavy atom. The van der Waals surface area contributed by atoms with Crippen molar-refractivity contribution in [1.29, 1.82) is 0 Å². The molecule has 4 N–H and O–H groups in total. The molecular weight excluding hydrogens is 452 g/mol. The van der Waals surface area contributed by atoms with E-state index in [0.717, 1.165) is 11.1 Å². The molecule has 10 nitrogen and oxygen atoms in total. The number of ether oxygens (including phenoxy) is 4. The highest BCUT2D eigenvalue weighted by atomic mass is 16.7. The van der Waals surface area contributed by atoms with Crippen molar-refractivity contribution in [3.8, 4) is 23.0 Å². The first-order chi connectivity index (χ1) is 17.0. The fraction of sp³-hybridized carbons (Fsp3) is 0.240. The topological polar surface area (TPSA) is 134 Å². The van der Waals surface area contributed by atoms with Crippen molar-refractivity contribution in [2.75, 3.05) is 32.4 Å². The Bertz CT molecular complexity index is 1190. The number of anilines is 1. The van der Waals surface area contributed by atoms with E-state index in [-0.39, 0.29) is 36.6 Å². The molecule has 0 fully saturated rings. The van der Waals surface area contributed by atoms with Gasteiger partial charge in [-0.2, -0.15) is 0 Å². The van der Waals surface area contributed by atoms with E-state index in [1.165, 1.54) is 12.1 Å². The van der Waals surface area contributed by atoms with Gasteiger partial charge in [0.15, 0.2) is 23.0 Å². The molecule has 3 heterocycles. The average Bonchev–Trinajstić information content (AvgIpc) is 3.52. The standard InChI is InChI=1S/C25H24N4O6/c26-23-12-17(24(30)27-7-5-15-1-3-19-21(9-15)34-13-32-19)11-18(29-23)25(31)28-8-6-16-2-4-20-22(10-16)35-14-33-20/h1-4,9-12H,5-8,13-14H2,(H2,26,29)(H,27,30)(H,28,31). The molecule has 10 heteroatoms. The van der Waals surface area contributed by atoms with Gasteiger partial charge in [-0.15, -0.1) is 0 Å². The maximum Gasteiger partial charge on any atom is 0.270 e. The van der Waals surface area contributed by atoms with Gasteiger partial charge in [0.2, 0.25) is 13.6 Å². The fourth-order valence-electron chi connectivity index (χ4n) is 3.83. The Morgan fingerprint density at radius 3 is 1.89 bits per heavy atom. The zero-order valence-corrected chi connectivity index (χ0v) is 18.8. The molecule has 0 unspecified atom stereocenters. The van der Waals surface area contributed by atoms with Crippen LogP contribution in [0.4, 0.5) is 5.82 Å². The van der Waals surface area contributed by atoms with Gasteiger partial charge in [-0.05, 0) is 60.4 Å². The Hall–Kier alpha value is -4.47. The van der Waals surface area contributed by atoms with Crippen LogP contribution >= 0.6 is 0 Å². The number of hydrogen-bond acceptors (Lipinski definition) is 8. The Morgan fingerprint density at radius 1 is 0.743 bits per heavy atom. The molecule has 1 aromatic heterocycles. The third-order valence-electron chi connectivity index (χ3n) is 5.61. The smallest absolute Gasteiger partial charge is 0.270 e. The van der Waals surface area contributed by atoms with Crippen molar-refractivity contribution in [2.24, 2.45) is 0 Å². The van der Waals surface area contributed by atoms with E-state index in [4.69, 9.17) is 24.7 Å². The molecule has 0 saturated heterocycles. The highest BCUT2D eigenvalue weighted by Crippen LogP contribution is 2.33. The molecule has 180 valence electrons. The minimum Gasteiger partial charge on any atom is -0.454 e. The van der Waals surface area contributed by atoms with Gasteiger partial charge in [0.05, 0.1) is 0 Å². The van der Waals surface area contributed by atoms with Gasteiger partial charge in [-0.1, -0.05) is 12.1 Å². The number of amides is 2. The lowest BCUT2D eigenvalue weighted by Gasteiger charge is -2.09. The number of rotatable bonds is 8. The summed E-state index contributed by atoms with van der Waals surface area (Å²) < 4.78 is 21.4. The van der Waals surface area contributed by atoms with Crippen LogP contribution in [0.2, 0.25) is 0 Å². The number of carbonyl (C=O) groups is 2. The lowest BCUT2D eigenvalue weighted by molar-refractivity contribution is 0.0949. The molecule has 2 aliphatic rings. The van der Waals surface area contributed by atoms with Crippen molar-refractivity contribution >= 4 is 17.6 Å². The number of benzene rings is 2. The van der Waals surface area contributed by atoms with Crippen LogP contribution in [0, 0.1) is 0 Å². The summed E-state index contributed by atoms with van der Waals surface area (Å²) in [6.45, 7) is 1.21. The molecule has 0 bridgehead atoms. The molecule has 0 saturated carbocycles. The summed E-state index contributed by atoms with van der Waals surface area (Å²) in [5.74, 6) is 2.16. The third kappa shape index (κ3) is 5.21. The van der Waals surface area contributed by atoms with Crippen LogP contribution in [-0.2, 0) is 12.8 Å². The average molecular weight is 476 g/mol. The molecule has 2 amide bonds. The SMILES string of the molecule is Nc1cc(C(=O)NCCc2ccc3c(c2)OCO3)cc(C(=O)NCCc2ccc3c(c2)OCO3)n1. The maximum atomic E-state index is 12.6. The minimum atomic E-state index is -0.410. The van der Waals surface area contributed by atoms with E-state index in [1.807, 2.05) is 36.4 Å². The summed E-state index contributed by atoms with van der Waals surface area (Å²) in [5, 5.41) is 5.66. The predicted molar refractivity (Wildman–Crippen MR) is 126 cm³/mol. The summed E-state index contributed by atoms with van der Waals surface area (Å²) in [6, 6.07) is 14.2. The zero-order valence-electron chi connectivity index (χ0n) is 18.8. The Kier molecular flexibility index (Phi) is 6.25. The molecule has 2 aliphatic heterocycles. The van der Waals surface area contributed by atoms with Crippen LogP contribution in [-0.4, -0.2) is 43.5 Å². The molecule has 35 heavy (non-hydrogen) atoms. The van der Waals surface area contributed by atoms with Gasteiger partial charge in [0, 0.05) is 18.7 Å². The quantitative estimate of drug-likeness (QED) is 0.450. The highest BCUT2D eigenvalue weighted by Gasteiger charge is 2.16. The molecule has 5 rings (SSSR count). The second kappa shape index (κ2) is 9.80. The van der Waals surface area contributed by atoms with Crippen molar-refractivity contribution in [3.05, 3.63) is 70.9 Å². The van der Waals surface area contributed by atoms with Gasteiger partial charge in [-0.25, -0.2) is 4.98 Å². The van der Waals surface area contributed by atoms with Gasteiger partial charge in [0.25, 0.3) is 11.8 Å². The van der Waals surface area contributed by atoms with Crippen LogP contribution in [0.5, 0.6) is 23.0 Å². The number of nitrogen functional groups attached to an aromatic ring is 1. The summed E-state index contributed by atoms with van der Waals surface area (Å²) in [5.41, 5.74) is 8.21. The first-order valence-electron chi connectivity index (χ1n) is 11.2. The van der Waals surface area contributed by atoms with Crippen molar-refractivity contribution < 1.29 is 28.5 Å². The van der Waals surface area contributed by atoms with Gasteiger partial charge >= 0.3 is 0 Å². The van der Waals surface area contributed by atoms with Crippen LogP contribution < -0.4 is 35.3 Å². The number of carbonyl (C=O) groups excluding carboxylic acids is 2. The monoisotopic (exact) mass is 476 g/mol. The van der Waals surface area contributed by atoms with Gasteiger partial charge < -0.3 is 35.3 Å². The van der Waals surface area contributed by atoms with Gasteiger partial charge in [0.1, 0.15) is 11.5 Å². The summed E-state index contributed by atoms with van der Waals surface area (Å²) in [4.78, 5) is 29.3. The molecule has 2 aromatic carbocycles. The lowest BCUT2D eigenvalue weighted by atomic mass is 10.1. The van der Waals surface area contributed by atoms with Crippen molar-refractivity contribution in [1.82, 2.24) is 15.6 Å². The molecule has 3 aromatic rings. The predicted octanol–water partition coefficient (Wildman–Crippen LogP) is 2.07. The van der Waals surface area contributed by atoms with E-state index in [0.29, 0.717) is 48.9 Å². The fourth-order valence-corrected chi connectivity index (χ4v) is 3.83. The van der Waals surface area contributed by atoms with E-state index in [2.05, 4.69) is 15.6 Å². The van der Waals surface area contributed by atoms with Crippen molar-refractivity contribution in [3.63, 3.8) is 0 Å². The Balaban J connectivity index is 1.14. The zero-order chi connectivity index (χ0) is 24.2. The first kappa shape index (κ1) is 22.3. The number of hydrogen-bond donors (Lipinski definition) is 3. The Labute approximate surface area is 201 Å². The van der Waals surface area contributed by atoms with Gasteiger partial charge in [-0.3, -0.25) is 9.59 Å². The number of nitrogens with one attached hydrogen (secondary N) is 2. The van der Waals surface area contributed by atoms with E-state index < -0.39 is 5.91 Å². The second-order valence-corrected chi connectivity index (χ2v) is 8.05. The van der Waals surface area contributed by atoms with Crippen molar-refractivity contribution in [2.45, 2.75) is 12.8 Å². The maximum absolute atomic E-state index is 12.6. The lowest BCUT2D eigenvalue weighted by Crippen LogP contribution is -2.29. The summed E-state index contributed by atoms with van der Waals surface area (Å²) in [6.07, 6.45) is 1.20. The molecular formula is C25H24N4O6. The van der Waals surface area contributed by atoms with Crippen LogP contribution in [0.25, 0.3) is 0 Å². The third-order valence-corrected chi connectivity index (χ3v) is 5.61. The minimum absolute atomic E-state index is 0.0802.